The van der Waals surface area contributed by atoms with E-state index in [2.05, 4.69) is 20.3 Å². The van der Waals surface area contributed by atoms with Gasteiger partial charge in [-0.25, -0.2) is 9.97 Å². The zero-order valence-corrected chi connectivity index (χ0v) is 22.8. The van der Waals surface area contributed by atoms with Crippen molar-refractivity contribution in [3.63, 3.8) is 0 Å². The second-order valence-corrected chi connectivity index (χ2v) is 9.97. The molecule has 1 aliphatic rings. The zero-order valence-electron chi connectivity index (χ0n) is 21.3. The Morgan fingerprint density at radius 2 is 1.90 bits per heavy atom. The SMILES string of the molecule is COc1ccnc(NC(=O)c2ccc(CN3C(=O)c4ncc(Cl)cc4CC(=O)[C@H]3Cc3ccccn3)cc2Cl)c1. The van der Waals surface area contributed by atoms with E-state index in [1.807, 2.05) is 12.1 Å². The van der Waals surface area contributed by atoms with Gasteiger partial charge in [-0.1, -0.05) is 35.3 Å². The standard InChI is InChI=1S/C29H23Cl2N5O4/c1-40-21-7-9-33-26(14-21)35-28(38)22-6-5-17(10-23(22)31)16-36-24(13-20-4-2-3-8-32-20)25(37)12-18-11-19(30)15-34-27(18)29(36)39/h2-11,14-15,24H,12-13,16H2,1H3,(H,33,35,38)/t24-/m1/s1. The van der Waals surface area contributed by atoms with Crippen LogP contribution in [0.5, 0.6) is 5.75 Å². The monoisotopic (exact) mass is 575 g/mol. The number of ketones is 1. The van der Waals surface area contributed by atoms with Crippen LogP contribution in [-0.4, -0.2) is 50.6 Å². The lowest BCUT2D eigenvalue weighted by Crippen LogP contribution is -2.45. The van der Waals surface area contributed by atoms with Crippen LogP contribution in [0.3, 0.4) is 0 Å². The molecule has 1 aliphatic heterocycles. The molecule has 0 bridgehead atoms. The molecule has 0 aliphatic carbocycles. The van der Waals surface area contributed by atoms with E-state index < -0.39 is 17.9 Å². The Balaban J connectivity index is 1.43. The highest BCUT2D eigenvalue weighted by Gasteiger charge is 2.36. The Morgan fingerprint density at radius 3 is 2.65 bits per heavy atom. The average molecular weight is 576 g/mol. The van der Waals surface area contributed by atoms with Gasteiger partial charge in [0.2, 0.25) is 0 Å². The second-order valence-electron chi connectivity index (χ2n) is 9.13. The van der Waals surface area contributed by atoms with E-state index in [0.717, 1.165) is 0 Å². The number of hydrogen-bond donors (Lipinski definition) is 1. The molecule has 202 valence electrons. The molecule has 1 atom stereocenters. The van der Waals surface area contributed by atoms with Gasteiger partial charge < -0.3 is 15.0 Å². The number of nitrogens with one attached hydrogen (secondary N) is 1. The molecule has 0 spiro atoms. The van der Waals surface area contributed by atoms with Crippen LogP contribution in [0.1, 0.15) is 37.7 Å². The first-order chi connectivity index (χ1) is 19.3. The summed E-state index contributed by atoms with van der Waals surface area (Å²) in [6, 6.07) is 14.3. The van der Waals surface area contributed by atoms with Crippen LogP contribution in [-0.2, 0) is 24.2 Å². The number of rotatable bonds is 7. The minimum atomic E-state index is -0.795. The number of halogens is 2. The average Bonchev–Trinajstić information content (AvgIpc) is 3.03. The van der Waals surface area contributed by atoms with Gasteiger partial charge in [0.1, 0.15) is 17.3 Å². The molecule has 0 saturated carbocycles. The van der Waals surface area contributed by atoms with E-state index in [-0.39, 0.29) is 41.4 Å². The van der Waals surface area contributed by atoms with Crippen LogP contribution < -0.4 is 10.1 Å². The molecule has 5 rings (SSSR count). The quantitative estimate of drug-likeness (QED) is 0.336. The third kappa shape index (κ3) is 5.95. The van der Waals surface area contributed by atoms with Crippen molar-refractivity contribution in [2.24, 2.45) is 0 Å². The van der Waals surface area contributed by atoms with Crippen LogP contribution in [0.2, 0.25) is 10.0 Å². The van der Waals surface area contributed by atoms with E-state index in [1.54, 1.807) is 48.7 Å². The minimum absolute atomic E-state index is 0.0147. The minimum Gasteiger partial charge on any atom is -0.497 e. The van der Waals surface area contributed by atoms with Crippen LogP contribution >= 0.6 is 23.2 Å². The second kappa shape index (κ2) is 11.8. The fourth-order valence-electron chi connectivity index (χ4n) is 4.52. The van der Waals surface area contributed by atoms with Crippen LogP contribution in [0.25, 0.3) is 0 Å². The number of carbonyl (C=O) groups excluding carboxylic acids is 3. The van der Waals surface area contributed by atoms with Gasteiger partial charge in [0.05, 0.1) is 28.8 Å². The summed E-state index contributed by atoms with van der Waals surface area (Å²) in [5, 5.41) is 3.22. The summed E-state index contributed by atoms with van der Waals surface area (Å²) in [4.78, 5) is 54.3. The Hall–Kier alpha value is -4.34. The maximum absolute atomic E-state index is 13.7. The third-order valence-corrected chi connectivity index (χ3v) is 7.00. The number of ether oxygens (including phenoxy) is 1. The van der Waals surface area contributed by atoms with Gasteiger partial charge in [0.15, 0.2) is 5.78 Å². The first-order valence-electron chi connectivity index (χ1n) is 12.3. The van der Waals surface area contributed by atoms with Gasteiger partial charge in [-0.15, -0.1) is 0 Å². The molecule has 1 N–H and O–H groups in total. The van der Waals surface area contributed by atoms with Crippen molar-refractivity contribution in [1.82, 2.24) is 19.9 Å². The molecule has 2 amide bonds. The predicted octanol–water partition coefficient (Wildman–Crippen LogP) is 4.82. The maximum Gasteiger partial charge on any atom is 0.273 e. The number of carbonyl (C=O) groups is 3. The van der Waals surface area contributed by atoms with Crippen molar-refractivity contribution in [3.05, 3.63) is 111 Å². The summed E-state index contributed by atoms with van der Waals surface area (Å²) in [6.45, 7) is 0.0604. The molecule has 40 heavy (non-hydrogen) atoms. The Bertz CT molecular complexity index is 1600. The van der Waals surface area contributed by atoms with Crippen molar-refractivity contribution in [1.29, 1.82) is 0 Å². The number of pyridine rings is 3. The highest BCUT2D eigenvalue weighted by Crippen LogP contribution is 2.27. The Labute approximate surface area is 240 Å². The molecular formula is C29H23Cl2N5O4. The molecule has 1 aromatic carbocycles. The largest absolute Gasteiger partial charge is 0.497 e. The number of anilines is 1. The van der Waals surface area contributed by atoms with Crippen molar-refractivity contribution in [2.75, 3.05) is 12.4 Å². The lowest BCUT2D eigenvalue weighted by molar-refractivity contribution is -0.122. The number of benzene rings is 1. The van der Waals surface area contributed by atoms with Crippen molar-refractivity contribution in [2.45, 2.75) is 25.4 Å². The van der Waals surface area contributed by atoms with Crippen molar-refractivity contribution in [3.8, 4) is 5.75 Å². The Morgan fingerprint density at radius 1 is 1.05 bits per heavy atom. The molecule has 9 nitrogen and oxygen atoms in total. The zero-order chi connectivity index (χ0) is 28.2. The van der Waals surface area contributed by atoms with E-state index >= 15 is 0 Å². The van der Waals surface area contributed by atoms with E-state index in [9.17, 15) is 14.4 Å². The normalized spacial score (nSPS) is 14.9. The molecule has 0 fully saturated rings. The van der Waals surface area contributed by atoms with Gasteiger partial charge in [-0.2, -0.15) is 0 Å². The number of nitrogens with zero attached hydrogens (tertiary/aromatic N) is 4. The number of hydrogen-bond acceptors (Lipinski definition) is 7. The van der Waals surface area contributed by atoms with Crippen LogP contribution in [0, 0.1) is 0 Å². The Kier molecular flexibility index (Phi) is 8.04. The van der Waals surface area contributed by atoms with Gasteiger partial charge >= 0.3 is 0 Å². The number of Topliss-reactive ketones (excluding diaryl/α,β-unsaturated/α-hetero) is 1. The van der Waals surface area contributed by atoms with E-state index in [1.165, 1.54) is 24.4 Å². The summed E-state index contributed by atoms with van der Waals surface area (Å²) < 4.78 is 5.16. The highest BCUT2D eigenvalue weighted by atomic mass is 35.5. The van der Waals surface area contributed by atoms with E-state index in [0.29, 0.717) is 33.4 Å². The fourth-order valence-corrected chi connectivity index (χ4v) is 4.99. The number of amides is 2. The van der Waals surface area contributed by atoms with Gasteiger partial charge in [-0.05, 0) is 47.5 Å². The molecule has 4 aromatic rings. The van der Waals surface area contributed by atoms with Gasteiger partial charge in [0, 0.05) is 49.7 Å². The molecule has 0 saturated heterocycles. The van der Waals surface area contributed by atoms with Crippen molar-refractivity contribution >= 4 is 46.6 Å². The maximum atomic E-state index is 13.7. The first-order valence-corrected chi connectivity index (χ1v) is 13.1. The first kappa shape index (κ1) is 27.2. The lowest BCUT2D eigenvalue weighted by Gasteiger charge is -2.29. The number of methoxy groups -OCH3 is 1. The van der Waals surface area contributed by atoms with Crippen LogP contribution in [0.4, 0.5) is 5.82 Å². The lowest BCUT2D eigenvalue weighted by atomic mass is 10.00. The fraction of sp³-hybridized carbons (Fsp3) is 0.172. The smallest absolute Gasteiger partial charge is 0.273 e. The number of fused-ring (bicyclic) bond motifs is 1. The van der Waals surface area contributed by atoms with Gasteiger partial charge in [0.25, 0.3) is 11.8 Å². The summed E-state index contributed by atoms with van der Waals surface area (Å²) in [5.41, 5.74) is 2.18. The number of aromatic nitrogens is 3. The molecular weight excluding hydrogens is 553 g/mol. The molecule has 4 heterocycles. The summed E-state index contributed by atoms with van der Waals surface area (Å²) in [7, 11) is 1.52. The predicted molar refractivity (Wildman–Crippen MR) is 150 cm³/mol. The summed E-state index contributed by atoms with van der Waals surface area (Å²) in [5.74, 6) is -0.166. The topological polar surface area (TPSA) is 114 Å². The summed E-state index contributed by atoms with van der Waals surface area (Å²) >= 11 is 12.6. The molecule has 3 aromatic heterocycles. The third-order valence-electron chi connectivity index (χ3n) is 6.48. The summed E-state index contributed by atoms with van der Waals surface area (Å²) in [6.07, 6.45) is 4.79. The van der Waals surface area contributed by atoms with Crippen molar-refractivity contribution < 1.29 is 19.1 Å². The molecule has 0 radical (unpaired) electrons. The highest BCUT2D eigenvalue weighted by molar-refractivity contribution is 6.34. The molecule has 11 heteroatoms. The van der Waals surface area contributed by atoms with Crippen LogP contribution in [0.15, 0.2) is 73.2 Å². The van der Waals surface area contributed by atoms with E-state index in [4.69, 9.17) is 27.9 Å². The molecule has 0 unspecified atom stereocenters. The van der Waals surface area contributed by atoms with Gasteiger partial charge in [-0.3, -0.25) is 19.4 Å².